The number of nitrogens with zero attached hydrogens (tertiary/aromatic N) is 4. The summed E-state index contributed by atoms with van der Waals surface area (Å²) in [7, 11) is 1.87. The van der Waals surface area contributed by atoms with Gasteiger partial charge in [-0.2, -0.15) is 0 Å². The zero-order chi connectivity index (χ0) is 13.0. The molecule has 8 heteroatoms. The van der Waals surface area contributed by atoms with Gasteiger partial charge in [-0.3, -0.25) is 4.79 Å². The molecule has 0 saturated carbocycles. The van der Waals surface area contributed by atoms with Crippen LogP contribution in [0, 0.1) is 0 Å². The van der Waals surface area contributed by atoms with E-state index in [1.54, 1.807) is 11.7 Å². The van der Waals surface area contributed by atoms with Crippen LogP contribution in [-0.2, 0) is 24.7 Å². The maximum atomic E-state index is 11.6. The quantitative estimate of drug-likeness (QED) is 0.778. The maximum absolute atomic E-state index is 11.6. The lowest BCUT2D eigenvalue weighted by Crippen LogP contribution is -2.27. The smallest absolute Gasteiger partial charge is 0.226 e. The van der Waals surface area contributed by atoms with Crippen molar-refractivity contribution in [3.8, 4) is 0 Å². The number of anilines is 1. The fraction of sp³-hybridized carbons (Fsp3) is 0.400. The van der Waals surface area contributed by atoms with Crippen LogP contribution in [0.4, 0.5) is 5.13 Å². The topological polar surface area (TPSA) is 98.7 Å². The summed E-state index contributed by atoms with van der Waals surface area (Å²) in [5.41, 5.74) is 6.20. The summed E-state index contributed by atoms with van der Waals surface area (Å²) in [6, 6.07) is 0. The van der Waals surface area contributed by atoms with E-state index >= 15 is 0 Å². The van der Waals surface area contributed by atoms with Gasteiger partial charge in [0.25, 0.3) is 0 Å². The molecule has 2 rings (SSSR count). The van der Waals surface area contributed by atoms with Gasteiger partial charge >= 0.3 is 0 Å². The molecule has 0 bridgehead atoms. The summed E-state index contributed by atoms with van der Waals surface area (Å²) >= 11 is 1.34. The Morgan fingerprint density at radius 3 is 3.06 bits per heavy atom. The van der Waals surface area contributed by atoms with Crippen molar-refractivity contribution in [2.45, 2.75) is 12.8 Å². The molecule has 0 aromatic carbocycles. The fourth-order valence-electron chi connectivity index (χ4n) is 1.48. The summed E-state index contributed by atoms with van der Waals surface area (Å²) < 4.78 is 1.83. The van der Waals surface area contributed by atoms with Crippen molar-refractivity contribution in [2.75, 3.05) is 12.3 Å². The van der Waals surface area contributed by atoms with Gasteiger partial charge in [0.1, 0.15) is 12.2 Å². The second-order valence-electron chi connectivity index (χ2n) is 3.81. The monoisotopic (exact) mass is 266 g/mol. The highest BCUT2D eigenvalue weighted by molar-refractivity contribution is 7.13. The number of carbonyl (C=O) groups is 1. The van der Waals surface area contributed by atoms with Crippen molar-refractivity contribution in [1.29, 1.82) is 0 Å². The van der Waals surface area contributed by atoms with Crippen molar-refractivity contribution in [2.24, 2.45) is 7.05 Å². The van der Waals surface area contributed by atoms with Crippen molar-refractivity contribution in [3.63, 3.8) is 0 Å². The van der Waals surface area contributed by atoms with Crippen molar-refractivity contribution < 1.29 is 4.79 Å². The molecule has 0 saturated heterocycles. The van der Waals surface area contributed by atoms with Crippen LogP contribution in [0.15, 0.2) is 11.7 Å². The standard InChI is InChI=1S/C10H14N6OS/c1-16-6-13-15-8(16)2-3-12-9(17)4-7-5-18-10(11)14-7/h5-6H,2-4H2,1H3,(H2,11,14)(H,12,17). The molecule has 2 aromatic rings. The number of hydrogen-bond acceptors (Lipinski definition) is 6. The SMILES string of the molecule is Cn1cnnc1CCNC(=O)Cc1csc(N)n1. The number of amides is 1. The summed E-state index contributed by atoms with van der Waals surface area (Å²) in [6.07, 6.45) is 2.54. The number of rotatable bonds is 5. The molecule has 0 unspecified atom stereocenters. The van der Waals surface area contributed by atoms with E-state index in [2.05, 4.69) is 20.5 Å². The minimum Gasteiger partial charge on any atom is -0.375 e. The van der Waals surface area contributed by atoms with Crippen LogP contribution in [-0.4, -0.2) is 32.2 Å². The Labute approximate surface area is 108 Å². The number of hydrogen-bond donors (Lipinski definition) is 2. The minimum absolute atomic E-state index is 0.0672. The molecule has 2 aromatic heterocycles. The second-order valence-corrected chi connectivity index (χ2v) is 4.70. The Balaban J connectivity index is 1.74. The first-order valence-corrected chi connectivity index (χ1v) is 6.32. The van der Waals surface area contributed by atoms with E-state index in [0.29, 0.717) is 23.8 Å². The Hall–Kier alpha value is -1.96. The van der Waals surface area contributed by atoms with Gasteiger partial charge in [0.05, 0.1) is 12.1 Å². The Bertz CT molecular complexity index is 534. The first-order valence-electron chi connectivity index (χ1n) is 5.44. The number of thiazole rings is 1. The van der Waals surface area contributed by atoms with E-state index in [1.165, 1.54) is 11.3 Å². The fourth-order valence-corrected chi connectivity index (χ4v) is 2.04. The molecule has 0 aliphatic heterocycles. The first-order chi connectivity index (χ1) is 8.65. The first kappa shape index (κ1) is 12.5. The molecule has 2 heterocycles. The highest BCUT2D eigenvalue weighted by Crippen LogP contribution is 2.11. The lowest BCUT2D eigenvalue weighted by atomic mass is 10.3. The van der Waals surface area contributed by atoms with Crippen molar-refractivity contribution >= 4 is 22.4 Å². The second kappa shape index (κ2) is 5.58. The minimum atomic E-state index is -0.0672. The van der Waals surface area contributed by atoms with Crippen LogP contribution in [0.25, 0.3) is 0 Å². The molecule has 0 spiro atoms. The molecular formula is C10H14N6OS. The molecule has 7 nitrogen and oxygen atoms in total. The number of nitrogens with one attached hydrogen (secondary N) is 1. The van der Waals surface area contributed by atoms with Crippen LogP contribution in [0.1, 0.15) is 11.5 Å². The molecule has 0 aliphatic rings. The van der Waals surface area contributed by atoms with E-state index < -0.39 is 0 Å². The van der Waals surface area contributed by atoms with E-state index in [1.807, 2.05) is 11.6 Å². The van der Waals surface area contributed by atoms with Gasteiger partial charge in [-0.15, -0.1) is 21.5 Å². The largest absolute Gasteiger partial charge is 0.375 e. The molecule has 0 fully saturated rings. The van der Waals surface area contributed by atoms with Crippen LogP contribution >= 0.6 is 11.3 Å². The van der Waals surface area contributed by atoms with Gasteiger partial charge in [-0.05, 0) is 0 Å². The van der Waals surface area contributed by atoms with Crippen molar-refractivity contribution in [3.05, 3.63) is 23.2 Å². The van der Waals surface area contributed by atoms with E-state index in [0.717, 1.165) is 5.82 Å². The van der Waals surface area contributed by atoms with E-state index in [-0.39, 0.29) is 12.3 Å². The highest BCUT2D eigenvalue weighted by atomic mass is 32.1. The maximum Gasteiger partial charge on any atom is 0.226 e. The molecule has 1 amide bonds. The van der Waals surface area contributed by atoms with Gasteiger partial charge in [0.15, 0.2) is 5.13 Å². The predicted molar refractivity (Wildman–Crippen MR) is 67.9 cm³/mol. The molecule has 0 radical (unpaired) electrons. The Morgan fingerprint density at radius 2 is 2.44 bits per heavy atom. The Morgan fingerprint density at radius 1 is 1.61 bits per heavy atom. The number of aromatic nitrogens is 4. The van der Waals surface area contributed by atoms with Crippen LogP contribution in [0.3, 0.4) is 0 Å². The third kappa shape index (κ3) is 3.27. The predicted octanol–water partition coefficient (Wildman–Crippen LogP) is -0.245. The van der Waals surface area contributed by atoms with Gasteiger partial charge in [-0.1, -0.05) is 0 Å². The van der Waals surface area contributed by atoms with E-state index in [4.69, 9.17) is 5.73 Å². The third-order valence-corrected chi connectivity index (χ3v) is 3.11. The van der Waals surface area contributed by atoms with Gasteiger partial charge in [0.2, 0.25) is 5.91 Å². The van der Waals surface area contributed by atoms with Gasteiger partial charge < -0.3 is 15.6 Å². The summed E-state index contributed by atoms with van der Waals surface area (Å²) in [5.74, 6) is 0.774. The van der Waals surface area contributed by atoms with Crippen LogP contribution in [0.2, 0.25) is 0 Å². The Kier molecular flexibility index (Phi) is 3.88. The number of aryl methyl sites for hydroxylation is 1. The summed E-state index contributed by atoms with van der Waals surface area (Å²) in [4.78, 5) is 15.6. The molecule has 96 valence electrons. The number of nitrogens with two attached hydrogens (primary N) is 1. The average Bonchev–Trinajstić information content (AvgIpc) is 2.89. The molecule has 0 aliphatic carbocycles. The number of nitrogen functional groups attached to an aromatic ring is 1. The highest BCUT2D eigenvalue weighted by Gasteiger charge is 2.07. The van der Waals surface area contributed by atoms with Crippen LogP contribution < -0.4 is 11.1 Å². The van der Waals surface area contributed by atoms with Gasteiger partial charge in [-0.25, -0.2) is 4.98 Å². The number of carbonyl (C=O) groups excluding carboxylic acids is 1. The average molecular weight is 266 g/mol. The zero-order valence-electron chi connectivity index (χ0n) is 9.96. The molecular weight excluding hydrogens is 252 g/mol. The molecule has 3 N–H and O–H groups in total. The van der Waals surface area contributed by atoms with E-state index in [9.17, 15) is 4.79 Å². The summed E-state index contributed by atoms with van der Waals surface area (Å²) in [6.45, 7) is 0.533. The molecule has 18 heavy (non-hydrogen) atoms. The lowest BCUT2D eigenvalue weighted by molar-refractivity contribution is -0.120. The van der Waals surface area contributed by atoms with Crippen molar-refractivity contribution in [1.82, 2.24) is 25.1 Å². The van der Waals surface area contributed by atoms with Crippen LogP contribution in [0.5, 0.6) is 0 Å². The molecule has 0 atom stereocenters. The van der Waals surface area contributed by atoms with Gasteiger partial charge in [0, 0.05) is 25.4 Å². The lowest BCUT2D eigenvalue weighted by Gasteiger charge is -2.03. The zero-order valence-corrected chi connectivity index (χ0v) is 10.8. The third-order valence-electron chi connectivity index (χ3n) is 2.39. The summed E-state index contributed by atoms with van der Waals surface area (Å²) in [5, 5.41) is 12.8. The normalized spacial score (nSPS) is 10.5.